The van der Waals surface area contributed by atoms with Gasteiger partial charge in [0, 0.05) is 0 Å². The smallest absolute Gasteiger partial charge is 0.365 e. The van der Waals surface area contributed by atoms with E-state index in [0.29, 0.717) is 0 Å². The van der Waals surface area contributed by atoms with Gasteiger partial charge in [-0.2, -0.15) is 0 Å². The summed E-state index contributed by atoms with van der Waals surface area (Å²) in [6.07, 6.45) is 1.37. The Hall–Kier alpha value is 1.64. The summed E-state index contributed by atoms with van der Waals surface area (Å²) >= 11 is 3.80. The molecule has 0 N–H and O–H groups in total. The van der Waals surface area contributed by atoms with Crippen molar-refractivity contribution < 1.29 is 0 Å². The molecule has 0 spiro atoms. The molecule has 1 heterocycles. The second-order valence-electron chi connectivity index (χ2n) is 5.71. The standard InChI is InChI=1S/C9H22NSi2.BrH.Mg/c1-6-7-10-11(2,3)8-9-12(10,4)5;;/h7H,6,8-9H2,1-5H3;1H;/q;;+1/p-1. The number of nitrogens with zero attached hydrogens (tertiary/aromatic N) is 1. The molecule has 1 unspecified atom stereocenters. The Balaban J connectivity index is 2.90. The molecule has 1 fully saturated rings. The fraction of sp³-hybridized carbons (Fsp3) is 1.00. The van der Waals surface area contributed by atoms with Gasteiger partial charge in [-0.05, 0) is 12.1 Å². The Kier molecular flexibility index (Phi) is 4.77. The molecule has 14 heavy (non-hydrogen) atoms. The van der Waals surface area contributed by atoms with Gasteiger partial charge in [0.1, 0.15) is 16.5 Å². The summed E-state index contributed by atoms with van der Waals surface area (Å²) in [4.78, 5) is 0. The molecule has 5 heteroatoms. The van der Waals surface area contributed by atoms with Crippen LogP contribution in [0, 0.1) is 0 Å². The van der Waals surface area contributed by atoms with Crippen LogP contribution in [0.5, 0.6) is 0 Å². The number of halogens is 1. The zero-order chi connectivity index (χ0) is 11.0. The lowest BCUT2D eigenvalue weighted by molar-refractivity contribution is 0.555. The largest absolute Gasteiger partial charge is 0.487 e. The van der Waals surface area contributed by atoms with E-state index in [2.05, 4.69) is 50.2 Å². The lowest BCUT2D eigenvalue weighted by Crippen LogP contribution is -2.60. The summed E-state index contributed by atoms with van der Waals surface area (Å²) in [6.45, 7) is 12.7. The van der Waals surface area contributed by atoms with Crippen molar-refractivity contribution in [1.29, 1.82) is 0 Å². The molecule has 1 saturated heterocycles. The summed E-state index contributed by atoms with van der Waals surface area (Å²) in [6, 6.07) is 3.09. The first-order valence-electron chi connectivity index (χ1n) is 5.70. The highest BCUT2D eigenvalue weighted by Crippen LogP contribution is 2.39. The average molecular weight is 305 g/mol. The summed E-state index contributed by atoms with van der Waals surface area (Å²) in [7, 11) is -2.02. The molecule has 80 valence electrons. The minimum atomic E-state index is -1.01. The molecule has 0 aromatic carbocycles. The minimum Gasteiger partial charge on any atom is -0.365 e. The molecule has 1 aliphatic heterocycles. The van der Waals surface area contributed by atoms with Crippen molar-refractivity contribution in [3.8, 4) is 0 Å². The summed E-state index contributed by atoms with van der Waals surface area (Å²) < 4.78 is 4.00. The first kappa shape index (κ1) is 13.7. The maximum absolute atomic E-state index is 3.83. The van der Waals surface area contributed by atoms with Crippen LogP contribution in [0.3, 0.4) is 0 Å². The first-order chi connectivity index (χ1) is 6.35. The van der Waals surface area contributed by atoms with Crippen LogP contribution in [0.1, 0.15) is 13.3 Å². The van der Waals surface area contributed by atoms with Gasteiger partial charge < -0.3 is 17.1 Å². The molecular formula is C9H22BrMgNSi2. The van der Waals surface area contributed by atoms with Gasteiger partial charge in [0.15, 0.2) is 0 Å². The van der Waals surface area contributed by atoms with E-state index in [1.165, 1.54) is 6.42 Å². The molecule has 1 aliphatic rings. The zero-order valence-electron chi connectivity index (χ0n) is 10.2. The van der Waals surface area contributed by atoms with E-state index in [-0.39, 0.29) is 18.2 Å². The maximum atomic E-state index is 3.83. The van der Waals surface area contributed by atoms with Crippen LogP contribution in [-0.2, 0) is 0 Å². The molecule has 1 nitrogen and oxygen atoms in total. The molecule has 0 bridgehead atoms. The quantitative estimate of drug-likeness (QED) is 0.722. The van der Waals surface area contributed by atoms with Crippen molar-refractivity contribution in [2.24, 2.45) is 0 Å². The number of hydrogen-bond donors (Lipinski definition) is 0. The fourth-order valence-corrected chi connectivity index (χ4v) is 25.7. The second-order valence-corrected chi connectivity index (χ2v) is 18.6. The molecule has 0 radical (unpaired) electrons. The molecule has 0 aliphatic carbocycles. The topological polar surface area (TPSA) is 3.24 Å². The van der Waals surface area contributed by atoms with E-state index in [4.69, 9.17) is 0 Å². The van der Waals surface area contributed by atoms with Crippen LogP contribution in [0.15, 0.2) is 0 Å². The van der Waals surface area contributed by atoms with Crippen LogP contribution in [0.4, 0.5) is 0 Å². The van der Waals surface area contributed by atoms with E-state index >= 15 is 0 Å². The van der Waals surface area contributed by atoms with Crippen LogP contribution in [0.2, 0.25) is 38.3 Å². The van der Waals surface area contributed by atoms with Gasteiger partial charge in [0.25, 0.3) is 0 Å². The van der Waals surface area contributed by atoms with Gasteiger partial charge >= 0.3 is 18.2 Å². The Bertz CT molecular complexity index is 191. The van der Waals surface area contributed by atoms with Gasteiger partial charge in [-0.25, -0.2) is 0 Å². The molecule has 0 saturated carbocycles. The van der Waals surface area contributed by atoms with Crippen LogP contribution in [-0.4, -0.2) is 43.1 Å². The van der Waals surface area contributed by atoms with Gasteiger partial charge in [0.05, 0.1) is 0 Å². The third-order valence-corrected chi connectivity index (χ3v) is 18.4. The fourth-order valence-electron chi connectivity index (χ4n) is 3.02. The van der Waals surface area contributed by atoms with E-state index in [9.17, 15) is 0 Å². The number of hydrogen-bond acceptors (Lipinski definition) is 1. The molecule has 0 aromatic rings. The normalized spacial score (nSPS) is 27.3. The van der Waals surface area contributed by atoms with Crippen molar-refractivity contribution in [1.82, 2.24) is 4.23 Å². The summed E-state index contributed by atoms with van der Waals surface area (Å²) in [5, 5.41) is 0. The SMILES string of the molecule is CC[CH]([Mg][Br])N1[Si](C)(C)CC[Si]1(C)C. The third-order valence-electron chi connectivity index (χ3n) is 3.67. The van der Waals surface area contributed by atoms with Crippen molar-refractivity contribution in [2.75, 3.05) is 0 Å². The van der Waals surface area contributed by atoms with E-state index in [1.54, 1.807) is 12.1 Å². The number of rotatable bonds is 3. The van der Waals surface area contributed by atoms with Crippen molar-refractivity contribution in [3.63, 3.8) is 0 Å². The molecule has 1 atom stereocenters. The highest BCUT2D eigenvalue weighted by atomic mass is 79.9. The monoisotopic (exact) mass is 303 g/mol. The zero-order valence-corrected chi connectivity index (χ0v) is 15.2. The van der Waals surface area contributed by atoms with Gasteiger partial charge in [-0.15, -0.1) is 0 Å². The van der Waals surface area contributed by atoms with Crippen molar-refractivity contribution >= 4 is 47.5 Å². The van der Waals surface area contributed by atoms with Crippen LogP contribution >= 0.6 is 12.9 Å². The van der Waals surface area contributed by atoms with E-state index in [0.717, 1.165) is 4.17 Å². The summed E-state index contributed by atoms with van der Waals surface area (Å²) in [5.74, 6) is 0. The van der Waals surface area contributed by atoms with Crippen molar-refractivity contribution in [3.05, 3.63) is 0 Å². The third kappa shape index (κ3) is 2.66. The van der Waals surface area contributed by atoms with E-state index in [1.807, 2.05) is 0 Å². The molecular weight excluding hydrogens is 282 g/mol. The minimum absolute atomic E-state index is 0.0312. The van der Waals surface area contributed by atoms with Gasteiger partial charge in [-0.3, -0.25) is 0 Å². The van der Waals surface area contributed by atoms with Crippen molar-refractivity contribution in [2.45, 2.75) is 55.8 Å². The Morgan fingerprint density at radius 3 is 1.93 bits per heavy atom. The first-order valence-corrected chi connectivity index (χ1v) is 16.7. The Labute approximate surface area is 107 Å². The summed E-state index contributed by atoms with van der Waals surface area (Å²) in [5.41, 5.74) is 0. The lowest BCUT2D eigenvalue weighted by Gasteiger charge is -2.45. The second kappa shape index (κ2) is 4.87. The maximum Gasteiger partial charge on any atom is 0.487 e. The van der Waals surface area contributed by atoms with E-state index < -0.39 is 16.5 Å². The molecule has 0 aromatic heterocycles. The lowest BCUT2D eigenvalue weighted by atomic mass is 10.5. The highest BCUT2D eigenvalue weighted by molar-refractivity contribution is 9.23. The highest BCUT2D eigenvalue weighted by Gasteiger charge is 2.49. The van der Waals surface area contributed by atoms with Gasteiger partial charge in [0.2, 0.25) is 0 Å². The molecule has 1 rings (SSSR count). The van der Waals surface area contributed by atoms with Gasteiger partial charge in [-0.1, -0.05) is 43.7 Å². The predicted molar refractivity (Wildman–Crippen MR) is 75.2 cm³/mol. The predicted octanol–water partition coefficient (Wildman–Crippen LogP) is 3.46. The Morgan fingerprint density at radius 2 is 1.64 bits per heavy atom. The van der Waals surface area contributed by atoms with Crippen LogP contribution in [0.25, 0.3) is 0 Å². The average Bonchev–Trinajstić information content (AvgIpc) is 2.29. The Morgan fingerprint density at radius 1 is 1.21 bits per heavy atom. The molecule has 0 amide bonds. The van der Waals surface area contributed by atoms with Crippen LogP contribution < -0.4 is 0 Å².